The summed E-state index contributed by atoms with van der Waals surface area (Å²) in [6.07, 6.45) is 1.93. The maximum atomic E-state index is 15.1. The summed E-state index contributed by atoms with van der Waals surface area (Å²) < 4.78 is 30.3. The summed E-state index contributed by atoms with van der Waals surface area (Å²) in [6.45, 7) is 3.22. The van der Waals surface area contributed by atoms with E-state index in [9.17, 15) is 9.90 Å². The molecular formula is C20H25ClF2N4O2. The first-order valence-electron chi connectivity index (χ1n) is 9.91. The molecule has 29 heavy (non-hydrogen) atoms. The highest BCUT2D eigenvalue weighted by atomic mass is 35.5. The van der Waals surface area contributed by atoms with E-state index in [1.807, 2.05) is 0 Å². The molecule has 158 valence electrons. The van der Waals surface area contributed by atoms with Crippen molar-refractivity contribution in [2.45, 2.75) is 44.6 Å². The van der Waals surface area contributed by atoms with Gasteiger partial charge in [-0.25, -0.2) is 13.6 Å². The molecule has 1 atom stereocenters. The molecule has 2 aliphatic rings. The van der Waals surface area contributed by atoms with Gasteiger partial charge in [-0.15, -0.1) is 0 Å². The average Bonchev–Trinajstić information content (AvgIpc) is 3.25. The number of hydrogen-bond acceptors (Lipinski definition) is 3. The van der Waals surface area contributed by atoms with Crippen LogP contribution in [0.4, 0.5) is 13.6 Å². The molecule has 9 heteroatoms. The number of nitrogens with zero attached hydrogens (tertiary/aromatic N) is 2. The topological polar surface area (TPSA) is 81.2 Å². The summed E-state index contributed by atoms with van der Waals surface area (Å²) in [6, 6.07) is 2.75. The third kappa shape index (κ3) is 4.05. The molecule has 1 aliphatic carbocycles. The molecule has 3 N–H and O–H groups in total. The van der Waals surface area contributed by atoms with Gasteiger partial charge in [0.25, 0.3) is 5.92 Å². The Morgan fingerprint density at radius 3 is 2.79 bits per heavy atom. The number of carbonyl (C=O) groups is 1. The van der Waals surface area contributed by atoms with Gasteiger partial charge in [0, 0.05) is 41.5 Å². The van der Waals surface area contributed by atoms with E-state index in [0.29, 0.717) is 17.4 Å². The molecule has 1 aliphatic heterocycles. The number of hydrogen-bond donors (Lipinski definition) is 3. The Balaban J connectivity index is 1.41. The number of piperidine rings is 1. The SMILES string of the molecule is CC1(CNC(=O)N2CCC(C(F)(F)C(O)c3cc(Cl)cc4cn[nH]c34)CC2)CC1. The van der Waals surface area contributed by atoms with Crippen molar-refractivity contribution < 1.29 is 18.7 Å². The fourth-order valence-electron chi connectivity index (χ4n) is 3.95. The summed E-state index contributed by atoms with van der Waals surface area (Å²) in [5, 5.41) is 20.8. The lowest BCUT2D eigenvalue weighted by atomic mass is 9.85. The number of nitrogens with one attached hydrogen (secondary N) is 2. The molecule has 0 radical (unpaired) electrons. The second-order valence-corrected chi connectivity index (χ2v) is 9.07. The van der Waals surface area contributed by atoms with E-state index >= 15 is 8.78 Å². The number of aromatic nitrogens is 2. The van der Waals surface area contributed by atoms with Crippen LogP contribution < -0.4 is 5.32 Å². The number of aliphatic hydroxyl groups is 1. The molecule has 1 saturated heterocycles. The van der Waals surface area contributed by atoms with Crippen molar-refractivity contribution in [3.63, 3.8) is 0 Å². The second-order valence-electron chi connectivity index (χ2n) is 8.64. The molecule has 1 unspecified atom stereocenters. The van der Waals surface area contributed by atoms with Crippen LogP contribution in [0.15, 0.2) is 18.3 Å². The smallest absolute Gasteiger partial charge is 0.317 e. The summed E-state index contributed by atoms with van der Waals surface area (Å²) in [5.41, 5.74) is 0.583. The van der Waals surface area contributed by atoms with Gasteiger partial charge in [-0.3, -0.25) is 5.10 Å². The normalized spacial score (nSPS) is 20.7. The third-order valence-electron chi connectivity index (χ3n) is 6.30. The molecule has 1 aromatic heterocycles. The number of aliphatic hydroxyl groups excluding tert-OH is 1. The molecule has 0 bridgehead atoms. The van der Waals surface area contributed by atoms with Gasteiger partial charge in [-0.1, -0.05) is 18.5 Å². The van der Waals surface area contributed by atoms with E-state index in [0.717, 1.165) is 12.8 Å². The van der Waals surface area contributed by atoms with Crippen molar-refractivity contribution in [3.05, 3.63) is 28.9 Å². The Labute approximate surface area is 172 Å². The second kappa shape index (κ2) is 7.40. The number of urea groups is 1. The van der Waals surface area contributed by atoms with Crippen LogP contribution in [0.1, 0.15) is 44.3 Å². The Morgan fingerprint density at radius 2 is 2.14 bits per heavy atom. The molecule has 2 aromatic rings. The van der Waals surface area contributed by atoms with Crippen molar-refractivity contribution in [2.24, 2.45) is 11.3 Å². The fraction of sp³-hybridized carbons (Fsp3) is 0.600. The van der Waals surface area contributed by atoms with Gasteiger partial charge in [0.15, 0.2) is 0 Å². The van der Waals surface area contributed by atoms with Gasteiger partial charge in [-0.2, -0.15) is 5.10 Å². The molecule has 1 aromatic carbocycles. The summed E-state index contributed by atoms with van der Waals surface area (Å²) in [7, 11) is 0. The van der Waals surface area contributed by atoms with E-state index in [1.54, 1.807) is 11.0 Å². The van der Waals surface area contributed by atoms with Crippen LogP contribution in [-0.2, 0) is 0 Å². The summed E-state index contributed by atoms with van der Waals surface area (Å²) >= 11 is 6.03. The number of H-pyrrole nitrogens is 1. The van der Waals surface area contributed by atoms with Gasteiger partial charge >= 0.3 is 6.03 Å². The molecule has 1 saturated carbocycles. The van der Waals surface area contributed by atoms with E-state index < -0.39 is 17.9 Å². The number of amides is 2. The summed E-state index contributed by atoms with van der Waals surface area (Å²) in [4.78, 5) is 13.9. The Hall–Kier alpha value is -1.93. The lowest BCUT2D eigenvalue weighted by molar-refractivity contribution is -0.159. The van der Waals surface area contributed by atoms with E-state index in [2.05, 4.69) is 22.4 Å². The van der Waals surface area contributed by atoms with Crippen molar-refractivity contribution in [2.75, 3.05) is 19.6 Å². The zero-order valence-corrected chi connectivity index (χ0v) is 17.0. The number of halogens is 3. The van der Waals surface area contributed by atoms with Crippen LogP contribution in [0.25, 0.3) is 10.9 Å². The predicted octanol–water partition coefficient (Wildman–Crippen LogP) is 4.11. The number of carbonyl (C=O) groups excluding carboxylic acids is 1. The van der Waals surface area contributed by atoms with E-state index in [1.165, 1.54) is 12.3 Å². The molecule has 2 heterocycles. The average molecular weight is 427 g/mol. The monoisotopic (exact) mass is 426 g/mol. The van der Waals surface area contributed by atoms with Crippen LogP contribution in [-0.4, -0.2) is 51.8 Å². The number of aromatic amines is 1. The third-order valence-corrected chi connectivity index (χ3v) is 6.52. The highest BCUT2D eigenvalue weighted by Crippen LogP contribution is 2.45. The van der Waals surface area contributed by atoms with Gasteiger partial charge in [0.2, 0.25) is 0 Å². The lowest BCUT2D eigenvalue weighted by Gasteiger charge is -2.37. The van der Waals surface area contributed by atoms with Crippen LogP contribution in [0.2, 0.25) is 5.02 Å². The molecule has 2 fully saturated rings. The number of benzene rings is 1. The Bertz CT molecular complexity index is 907. The summed E-state index contributed by atoms with van der Waals surface area (Å²) in [5.74, 6) is -4.38. The quantitative estimate of drug-likeness (QED) is 0.673. The van der Waals surface area contributed by atoms with Crippen LogP contribution in [0.3, 0.4) is 0 Å². The van der Waals surface area contributed by atoms with E-state index in [4.69, 9.17) is 11.6 Å². The first-order chi connectivity index (χ1) is 13.7. The van der Waals surface area contributed by atoms with Gasteiger partial charge in [0.05, 0.1) is 11.7 Å². The standard InChI is InChI=1S/C20H25ClF2N4O2/c1-19(4-5-19)11-24-18(29)27-6-2-13(3-7-27)20(22,23)17(28)15-9-14(21)8-12-10-25-26-16(12)15/h8-10,13,17,28H,2-7,11H2,1H3,(H,24,29)(H,25,26). The van der Waals surface area contributed by atoms with E-state index in [-0.39, 0.29) is 48.0 Å². The van der Waals surface area contributed by atoms with Crippen molar-refractivity contribution >= 4 is 28.5 Å². The van der Waals surface area contributed by atoms with Crippen molar-refractivity contribution in [1.82, 2.24) is 20.4 Å². The minimum absolute atomic E-state index is 0.0350. The Morgan fingerprint density at radius 1 is 1.45 bits per heavy atom. The molecule has 6 nitrogen and oxygen atoms in total. The number of fused-ring (bicyclic) bond motifs is 1. The van der Waals surface area contributed by atoms with Crippen LogP contribution in [0.5, 0.6) is 0 Å². The molecular weight excluding hydrogens is 402 g/mol. The molecule has 4 rings (SSSR count). The van der Waals surface area contributed by atoms with Crippen molar-refractivity contribution in [1.29, 1.82) is 0 Å². The van der Waals surface area contributed by atoms with Gasteiger partial charge in [0.1, 0.15) is 6.10 Å². The van der Waals surface area contributed by atoms with Gasteiger partial charge < -0.3 is 15.3 Å². The van der Waals surface area contributed by atoms with Gasteiger partial charge in [-0.05, 0) is 43.2 Å². The number of alkyl halides is 2. The zero-order valence-electron chi connectivity index (χ0n) is 16.2. The highest BCUT2D eigenvalue weighted by molar-refractivity contribution is 6.31. The maximum Gasteiger partial charge on any atom is 0.317 e. The Kier molecular flexibility index (Phi) is 5.19. The fourth-order valence-corrected chi connectivity index (χ4v) is 4.19. The molecule has 0 spiro atoms. The zero-order chi connectivity index (χ0) is 20.8. The largest absolute Gasteiger partial charge is 0.382 e. The van der Waals surface area contributed by atoms with Crippen molar-refractivity contribution in [3.8, 4) is 0 Å². The molecule has 2 amide bonds. The lowest BCUT2D eigenvalue weighted by Crippen LogP contribution is -2.49. The first kappa shape index (κ1) is 20.3. The minimum Gasteiger partial charge on any atom is -0.382 e. The van der Waals surface area contributed by atoms with Crippen LogP contribution in [0, 0.1) is 11.3 Å². The predicted molar refractivity (Wildman–Crippen MR) is 106 cm³/mol. The van der Waals surface area contributed by atoms with Crippen LogP contribution >= 0.6 is 11.6 Å². The minimum atomic E-state index is -3.35. The maximum absolute atomic E-state index is 15.1. The number of likely N-dealkylation sites (tertiary alicyclic amines) is 1. The first-order valence-corrected chi connectivity index (χ1v) is 10.3. The number of rotatable bonds is 5. The highest BCUT2D eigenvalue weighted by Gasteiger charge is 2.49.